The van der Waals surface area contributed by atoms with Gasteiger partial charge in [0, 0.05) is 13.2 Å². The van der Waals surface area contributed by atoms with E-state index in [4.69, 9.17) is 9.52 Å². The van der Waals surface area contributed by atoms with Crippen molar-refractivity contribution in [2.45, 2.75) is 19.9 Å². The zero-order valence-electron chi connectivity index (χ0n) is 10.3. The normalized spacial score (nSPS) is 10.8. The minimum atomic E-state index is -0.463. The number of furan rings is 1. The Labute approximate surface area is 101 Å². The van der Waals surface area contributed by atoms with E-state index in [1.165, 1.54) is 7.11 Å². The lowest BCUT2D eigenvalue weighted by molar-refractivity contribution is 0.0561. The van der Waals surface area contributed by atoms with Gasteiger partial charge in [-0.15, -0.1) is 0 Å². The molecule has 0 saturated heterocycles. The number of esters is 1. The highest BCUT2D eigenvalue weighted by Gasteiger charge is 2.12. The monoisotopic (exact) mass is 241 g/mol. The summed E-state index contributed by atoms with van der Waals surface area (Å²) >= 11 is 0. The van der Waals surface area contributed by atoms with Crippen LogP contribution in [0, 0.1) is 0 Å². The molecule has 0 aliphatic heterocycles. The molecule has 1 aromatic rings. The Morgan fingerprint density at radius 3 is 2.88 bits per heavy atom. The maximum atomic E-state index is 11.2. The molecule has 96 valence electrons. The highest BCUT2D eigenvalue weighted by atomic mass is 16.5. The summed E-state index contributed by atoms with van der Waals surface area (Å²) in [6.07, 6.45) is 0.735. The van der Waals surface area contributed by atoms with Crippen LogP contribution in [0.3, 0.4) is 0 Å². The second-order valence-electron chi connectivity index (χ2n) is 3.70. The first-order valence-corrected chi connectivity index (χ1v) is 5.71. The largest absolute Gasteiger partial charge is 0.463 e. The first-order chi connectivity index (χ1) is 8.21. The van der Waals surface area contributed by atoms with Crippen molar-refractivity contribution in [1.29, 1.82) is 0 Å². The van der Waals surface area contributed by atoms with E-state index in [1.807, 2.05) is 6.92 Å². The van der Waals surface area contributed by atoms with Crippen LogP contribution in [0.25, 0.3) is 0 Å². The van der Waals surface area contributed by atoms with Crippen molar-refractivity contribution in [1.82, 2.24) is 4.90 Å². The molecule has 1 N–H and O–H groups in total. The second-order valence-corrected chi connectivity index (χ2v) is 3.70. The molecular weight excluding hydrogens is 222 g/mol. The lowest BCUT2D eigenvalue weighted by atomic mass is 10.3. The van der Waals surface area contributed by atoms with Crippen LogP contribution >= 0.6 is 0 Å². The summed E-state index contributed by atoms with van der Waals surface area (Å²) in [7, 11) is 1.32. The number of hydrogen-bond acceptors (Lipinski definition) is 5. The molecule has 0 amide bonds. The van der Waals surface area contributed by atoms with Gasteiger partial charge >= 0.3 is 5.97 Å². The van der Waals surface area contributed by atoms with Crippen LogP contribution < -0.4 is 0 Å². The van der Waals surface area contributed by atoms with E-state index in [2.05, 4.69) is 9.64 Å². The van der Waals surface area contributed by atoms with E-state index in [0.717, 1.165) is 25.3 Å². The summed E-state index contributed by atoms with van der Waals surface area (Å²) in [5, 5.41) is 8.77. The van der Waals surface area contributed by atoms with Gasteiger partial charge in [-0.3, -0.25) is 4.90 Å². The Morgan fingerprint density at radius 1 is 1.53 bits per heavy atom. The summed E-state index contributed by atoms with van der Waals surface area (Å²) < 4.78 is 9.94. The molecule has 0 bridgehead atoms. The number of methoxy groups -OCH3 is 1. The first-order valence-electron chi connectivity index (χ1n) is 5.71. The predicted molar refractivity (Wildman–Crippen MR) is 62.7 cm³/mol. The fourth-order valence-electron chi connectivity index (χ4n) is 1.54. The minimum absolute atomic E-state index is 0.183. The summed E-state index contributed by atoms with van der Waals surface area (Å²) in [6, 6.07) is 3.38. The minimum Gasteiger partial charge on any atom is -0.463 e. The molecule has 1 rings (SSSR count). The maximum absolute atomic E-state index is 11.2. The molecular formula is C12H19NO4. The maximum Gasteiger partial charge on any atom is 0.373 e. The highest BCUT2D eigenvalue weighted by molar-refractivity contribution is 5.86. The van der Waals surface area contributed by atoms with Gasteiger partial charge < -0.3 is 14.3 Å². The lowest BCUT2D eigenvalue weighted by Gasteiger charge is -2.18. The van der Waals surface area contributed by atoms with Gasteiger partial charge in [0.25, 0.3) is 0 Å². The standard InChI is InChI=1S/C12H19NO4/c1-3-13(7-4-8-14)9-10-5-6-11(17-10)12(15)16-2/h5-6,14H,3-4,7-9H2,1-2H3. The third-order valence-electron chi connectivity index (χ3n) is 2.51. The van der Waals surface area contributed by atoms with Gasteiger partial charge in [-0.2, -0.15) is 0 Å². The van der Waals surface area contributed by atoms with E-state index in [9.17, 15) is 4.79 Å². The summed E-state index contributed by atoms with van der Waals surface area (Å²) in [5.41, 5.74) is 0. The fourth-order valence-corrected chi connectivity index (χ4v) is 1.54. The number of aliphatic hydroxyl groups is 1. The molecule has 0 aromatic carbocycles. The first kappa shape index (κ1) is 13.7. The number of ether oxygens (including phenoxy) is 1. The van der Waals surface area contributed by atoms with E-state index in [0.29, 0.717) is 6.54 Å². The van der Waals surface area contributed by atoms with Crippen molar-refractivity contribution in [3.63, 3.8) is 0 Å². The van der Waals surface area contributed by atoms with Gasteiger partial charge in [-0.05, 0) is 25.1 Å². The molecule has 0 unspecified atom stereocenters. The van der Waals surface area contributed by atoms with Gasteiger partial charge in [0.05, 0.1) is 13.7 Å². The smallest absolute Gasteiger partial charge is 0.373 e. The highest BCUT2D eigenvalue weighted by Crippen LogP contribution is 2.11. The molecule has 0 radical (unpaired) electrons. The Hall–Kier alpha value is -1.33. The predicted octanol–water partition coefficient (Wildman–Crippen LogP) is 1.27. The summed E-state index contributed by atoms with van der Waals surface area (Å²) in [5.74, 6) is 0.487. The van der Waals surface area contributed by atoms with Crippen LogP contribution in [0.2, 0.25) is 0 Å². The Morgan fingerprint density at radius 2 is 2.29 bits per heavy atom. The molecule has 1 heterocycles. The molecule has 1 aromatic heterocycles. The second kappa shape index (κ2) is 7.09. The lowest BCUT2D eigenvalue weighted by Crippen LogP contribution is -2.24. The van der Waals surface area contributed by atoms with Crippen molar-refractivity contribution in [2.75, 3.05) is 26.8 Å². The molecule has 17 heavy (non-hydrogen) atoms. The van der Waals surface area contributed by atoms with Crippen LogP contribution in [0.1, 0.15) is 29.7 Å². The van der Waals surface area contributed by atoms with Crippen molar-refractivity contribution in [3.05, 3.63) is 23.7 Å². The number of carbonyl (C=O) groups excluding carboxylic acids is 1. The summed E-state index contributed by atoms with van der Waals surface area (Å²) in [4.78, 5) is 13.3. The van der Waals surface area contributed by atoms with E-state index < -0.39 is 5.97 Å². The Balaban J connectivity index is 2.54. The molecule has 0 spiro atoms. The number of aliphatic hydroxyl groups excluding tert-OH is 1. The third kappa shape index (κ3) is 4.20. The molecule has 0 atom stereocenters. The van der Waals surface area contributed by atoms with Gasteiger partial charge in [0.2, 0.25) is 5.76 Å². The fraction of sp³-hybridized carbons (Fsp3) is 0.583. The van der Waals surface area contributed by atoms with Crippen LogP contribution in [0.15, 0.2) is 16.5 Å². The van der Waals surface area contributed by atoms with Gasteiger partial charge in [-0.1, -0.05) is 6.92 Å². The average molecular weight is 241 g/mol. The van der Waals surface area contributed by atoms with Gasteiger partial charge in [-0.25, -0.2) is 4.79 Å². The quantitative estimate of drug-likeness (QED) is 0.728. The zero-order valence-corrected chi connectivity index (χ0v) is 10.3. The van der Waals surface area contributed by atoms with Crippen molar-refractivity contribution in [3.8, 4) is 0 Å². The van der Waals surface area contributed by atoms with E-state index in [1.54, 1.807) is 12.1 Å². The van der Waals surface area contributed by atoms with Crippen LogP contribution in [0.4, 0.5) is 0 Å². The summed E-state index contributed by atoms with van der Waals surface area (Å²) in [6.45, 7) is 4.53. The Bertz CT molecular complexity index is 348. The number of nitrogens with zero attached hydrogens (tertiary/aromatic N) is 1. The van der Waals surface area contributed by atoms with Crippen LogP contribution in [0.5, 0.6) is 0 Å². The Kier molecular flexibility index (Phi) is 5.72. The SMILES string of the molecule is CCN(CCCO)Cc1ccc(C(=O)OC)o1. The van der Waals surface area contributed by atoms with Crippen LogP contribution in [-0.2, 0) is 11.3 Å². The average Bonchev–Trinajstić information content (AvgIpc) is 2.81. The topological polar surface area (TPSA) is 62.9 Å². The van der Waals surface area contributed by atoms with E-state index >= 15 is 0 Å². The van der Waals surface area contributed by atoms with Crippen LogP contribution in [-0.4, -0.2) is 42.8 Å². The molecule has 0 fully saturated rings. The zero-order chi connectivity index (χ0) is 12.7. The molecule has 5 heteroatoms. The molecule has 0 aliphatic carbocycles. The van der Waals surface area contributed by atoms with Gasteiger partial charge in [0.15, 0.2) is 0 Å². The molecule has 0 saturated carbocycles. The molecule has 0 aliphatic rings. The van der Waals surface area contributed by atoms with Crippen molar-refractivity contribution < 1.29 is 19.1 Å². The van der Waals surface area contributed by atoms with E-state index in [-0.39, 0.29) is 12.4 Å². The number of hydrogen-bond donors (Lipinski definition) is 1. The number of carbonyl (C=O) groups is 1. The van der Waals surface area contributed by atoms with Gasteiger partial charge in [0.1, 0.15) is 5.76 Å². The number of rotatable bonds is 7. The third-order valence-corrected chi connectivity index (χ3v) is 2.51. The van der Waals surface area contributed by atoms with Crippen molar-refractivity contribution in [2.24, 2.45) is 0 Å². The van der Waals surface area contributed by atoms with Crippen molar-refractivity contribution >= 4 is 5.97 Å². The molecule has 5 nitrogen and oxygen atoms in total.